The molecule has 0 aromatic heterocycles. The minimum atomic E-state index is 0.565. The lowest BCUT2D eigenvalue weighted by Crippen LogP contribution is -2.01. The third kappa shape index (κ3) is 4.94. The second kappa shape index (κ2) is 8.78. The van der Waals surface area contributed by atoms with Crippen LogP contribution in [0.1, 0.15) is 24.8 Å². The average Bonchev–Trinajstić information content (AvgIpc) is 2.42. The zero-order chi connectivity index (χ0) is 13.2. The highest BCUT2D eigenvalue weighted by Gasteiger charge is 2.04. The van der Waals surface area contributed by atoms with Gasteiger partial charge >= 0.3 is 0 Å². The largest absolute Gasteiger partial charge is 0.497 e. The fourth-order valence-electron chi connectivity index (χ4n) is 1.68. The van der Waals surface area contributed by atoms with E-state index in [2.05, 4.69) is 0 Å². The van der Waals surface area contributed by atoms with Crippen molar-refractivity contribution in [3.8, 4) is 11.5 Å². The summed E-state index contributed by atoms with van der Waals surface area (Å²) in [5.41, 5.74) is 6.47. The van der Waals surface area contributed by atoms with E-state index in [0.29, 0.717) is 6.61 Å². The molecule has 0 radical (unpaired) electrons. The van der Waals surface area contributed by atoms with Crippen molar-refractivity contribution < 1.29 is 14.2 Å². The minimum Gasteiger partial charge on any atom is -0.497 e. The van der Waals surface area contributed by atoms with Crippen molar-refractivity contribution in [2.75, 3.05) is 27.4 Å². The molecule has 0 amide bonds. The normalized spacial score (nSPS) is 10.4. The van der Waals surface area contributed by atoms with Crippen LogP contribution in [0.4, 0.5) is 0 Å². The predicted octanol–water partition coefficient (Wildman–Crippen LogP) is 2.35. The molecular weight excluding hydrogens is 230 g/mol. The molecule has 0 atom stereocenters. The van der Waals surface area contributed by atoms with Gasteiger partial charge in [0.05, 0.1) is 20.8 Å². The van der Waals surface area contributed by atoms with Crippen molar-refractivity contribution >= 4 is 0 Å². The molecule has 0 bridgehead atoms. The number of nitrogens with two attached hydrogens (primary N) is 1. The maximum absolute atomic E-state index is 5.62. The monoisotopic (exact) mass is 253 g/mol. The van der Waals surface area contributed by atoms with Gasteiger partial charge in [-0.15, -0.1) is 0 Å². The molecule has 1 aromatic rings. The molecule has 0 aliphatic rings. The van der Waals surface area contributed by atoms with E-state index < -0.39 is 0 Å². The third-order valence-corrected chi connectivity index (χ3v) is 2.74. The second-order valence-corrected chi connectivity index (χ2v) is 4.08. The molecule has 0 saturated heterocycles. The van der Waals surface area contributed by atoms with Crippen molar-refractivity contribution in [2.24, 2.45) is 5.73 Å². The van der Waals surface area contributed by atoms with Crippen molar-refractivity contribution in [3.05, 3.63) is 23.8 Å². The van der Waals surface area contributed by atoms with Gasteiger partial charge in [0.2, 0.25) is 0 Å². The Hall–Kier alpha value is -1.26. The average molecular weight is 253 g/mol. The van der Waals surface area contributed by atoms with E-state index in [1.807, 2.05) is 18.2 Å². The van der Waals surface area contributed by atoms with Gasteiger partial charge in [-0.2, -0.15) is 0 Å². The Bertz CT molecular complexity index is 342. The van der Waals surface area contributed by atoms with Crippen molar-refractivity contribution in [1.82, 2.24) is 0 Å². The molecule has 1 aromatic carbocycles. The van der Waals surface area contributed by atoms with Crippen LogP contribution in [0.5, 0.6) is 11.5 Å². The number of benzene rings is 1. The van der Waals surface area contributed by atoms with Crippen LogP contribution in [0, 0.1) is 0 Å². The molecule has 1 rings (SSSR count). The standard InChI is InChI=1S/C14H23NO3/c1-16-13-7-6-12(14(10-13)17-2)11-18-9-5-3-4-8-15/h6-7,10H,3-5,8-9,11,15H2,1-2H3. The first-order valence-electron chi connectivity index (χ1n) is 6.30. The highest BCUT2D eigenvalue weighted by molar-refractivity contribution is 5.40. The van der Waals surface area contributed by atoms with Gasteiger partial charge in [-0.25, -0.2) is 0 Å². The maximum Gasteiger partial charge on any atom is 0.128 e. The summed E-state index contributed by atoms with van der Waals surface area (Å²) in [4.78, 5) is 0. The number of hydrogen-bond acceptors (Lipinski definition) is 4. The molecule has 0 fully saturated rings. The molecule has 0 unspecified atom stereocenters. The summed E-state index contributed by atoms with van der Waals surface area (Å²) in [7, 11) is 3.29. The molecule has 0 spiro atoms. The molecule has 0 aliphatic heterocycles. The second-order valence-electron chi connectivity index (χ2n) is 4.08. The van der Waals surface area contributed by atoms with E-state index in [4.69, 9.17) is 19.9 Å². The topological polar surface area (TPSA) is 53.7 Å². The Morgan fingerprint density at radius 1 is 1.06 bits per heavy atom. The molecule has 0 saturated carbocycles. The lowest BCUT2D eigenvalue weighted by Gasteiger charge is -2.10. The number of ether oxygens (including phenoxy) is 3. The highest BCUT2D eigenvalue weighted by atomic mass is 16.5. The lowest BCUT2D eigenvalue weighted by molar-refractivity contribution is 0.115. The maximum atomic E-state index is 5.62. The van der Waals surface area contributed by atoms with Gasteiger partial charge in [0.1, 0.15) is 11.5 Å². The Labute approximate surface area is 109 Å². The predicted molar refractivity (Wildman–Crippen MR) is 72.1 cm³/mol. The first-order valence-corrected chi connectivity index (χ1v) is 6.30. The van der Waals surface area contributed by atoms with Crippen LogP contribution in [0.15, 0.2) is 18.2 Å². The fraction of sp³-hybridized carbons (Fsp3) is 0.571. The zero-order valence-corrected chi connectivity index (χ0v) is 11.3. The van der Waals surface area contributed by atoms with Crippen LogP contribution in [-0.2, 0) is 11.3 Å². The molecule has 18 heavy (non-hydrogen) atoms. The smallest absolute Gasteiger partial charge is 0.128 e. The summed E-state index contributed by atoms with van der Waals surface area (Å²) >= 11 is 0. The van der Waals surface area contributed by atoms with Gasteiger partial charge < -0.3 is 19.9 Å². The highest BCUT2D eigenvalue weighted by Crippen LogP contribution is 2.25. The summed E-state index contributed by atoms with van der Waals surface area (Å²) in [6, 6.07) is 5.75. The number of hydrogen-bond donors (Lipinski definition) is 1. The molecule has 2 N–H and O–H groups in total. The van der Waals surface area contributed by atoms with E-state index in [-0.39, 0.29) is 0 Å². The number of rotatable bonds is 9. The SMILES string of the molecule is COc1ccc(COCCCCCN)c(OC)c1. The van der Waals surface area contributed by atoms with Gasteiger partial charge in [-0.05, 0) is 37.9 Å². The molecular formula is C14H23NO3. The van der Waals surface area contributed by atoms with Gasteiger partial charge in [-0.3, -0.25) is 0 Å². The van der Waals surface area contributed by atoms with Gasteiger partial charge in [-0.1, -0.05) is 0 Å². The van der Waals surface area contributed by atoms with Gasteiger partial charge in [0, 0.05) is 18.2 Å². The van der Waals surface area contributed by atoms with E-state index in [0.717, 1.165) is 49.5 Å². The van der Waals surface area contributed by atoms with Crippen molar-refractivity contribution in [1.29, 1.82) is 0 Å². The summed E-state index contributed by atoms with van der Waals surface area (Å²) in [6.07, 6.45) is 3.24. The summed E-state index contributed by atoms with van der Waals surface area (Å²) in [6.45, 7) is 2.08. The van der Waals surface area contributed by atoms with Crippen molar-refractivity contribution in [2.45, 2.75) is 25.9 Å². The van der Waals surface area contributed by atoms with Crippen molar-refractivity contribution in [3.63, 3.8) is 0 Å². The molecule has 0 heterocycles. The molecule has 4 heteroatoms. The minimum absolute atomic E-state index is 0.565. The summed E-state index contributed by atoms with van der Waals surface area (Å²) in [5, 5.41) is 0. The summed E-state index contributed by atoms with van der Waals surface area (Å²) in [5.74, 6) is 1.59. The van der Waals surface area contributed by atoms with Crippen LogP contribution >= 0.6 is 0 Å². The molecule has 102 valence electrons. The quantitative estimate of drug-likeness (QED) is 0.686. The zero-order valence-electron chi connectivity index (χ0n) is 11.3. The lowest BCUT2D eigenvalue weighted by atomic mass is 10.2. The Balaban J connectivity index is 2.37. The van der Waals surface area contributed by atoms with E-state index in [1.165, 1.54) is 0 Å². The Morgan fingerprint density at radius 2 is 1.89 bits per heavy atom. The van der Waals surface area contributed by atoms with E-state index in [1.54, 1.807) is 14.2 Å². The molecule has 0 aliphatic carbocycles. The van der Waals surface area contributed by atoms with Gasteiger partial charge in [0.25, 0.3) is 0 Å². The summed E-state index contributed by atoms with van der Waals surface area (Å²) < 4.78 is 16.1. The number of methoxy groups -OCH3 is 2. The first-order chi connectivity index (χ1) is 8.81. The van der Waals surface area contributed by atoms with E-state index in [9.17, 15) is 0 Å². The van der Waals surface area contributed by atoms with Crippen LogP contribution < -0.4 is 15.2 Å². The van der Waals surface area contributed by atoms with Crippen LogP contribution in [0.2, 0.25) is 0 Å². The Morgan fingerprint density at radius 3 is 2.56 bits per heavy atom. The van der Waals surface area contributed by atoms with Gasteiger partial charge in [0.15, 0.2) is 0 Å². The fourth-order valence-corrected chi connectivity index (χ4v) is 1.68. The van der Waals surface area contributed by atoms with Crippen LogP contribution in [-0.4, -0.2) is 27.4 Å². The van der Waals surface area contributed by atoms with E-state index >= 15 is 0 Å². The Kier molecular flexibility index (Phi) is 7.22. The van der Waals surface area contributed by atoms with Crippen LogP contribution in [0.3, 0.4) is 0 Å². The molecule has 4 nitrogen and oxygen atoms in total. The van der Waals surface area contributed by atoms with Crippen LogP contribution in [0.25, 0.3) is 0 Å². The number of unbranched alkanes of at least 4 members (excludes halogenated alkanes) is 2. The third-order valence-electron chi connectivity index (χ3n) is 2.74. The first kappa shape index (κ1) is 14.8.